The molecule has 72 heavy (non-hydrogen) atoms. The van der Waals surface area contributed by atoms with Crippen molar-refractivity contribution in [2.45, 2.75) is 200 Å². The Bertz CT molecular complexity index is 1670. The van der Waals surface area contributed by atoms with Crippen LogP contribution in [0.2, 0.25) is 0 Å². The number of hydrogen-bond donors (Lipinski definition) is 1. The lowest BCUT2D eigenvalue weighted by molar-refractivity contribution is -0.870. The maximum atomic E-state index is 12.8. The number of carbonyl (C=O) groups excluding carboxylic acids is 2. The monoisotopic (exact) mass is 1020 g/mol. The Kier molecular flexibility index (Phi) is 49.2. The number of esters is 2. The number of unbranched alkanes of at least 4 members (excludes halogenated alkanes) is 13. The van der Waals surface area contributed by atoms with Crippen LogP contribution in [0.3, 0.4) is 0 Å². The van der Waals surface area contributed by atoms with E-state index < -0.39 is 32.5 Å². The van der Waals surface area contributed by atoms with Gasteiger partial charge in [-0.2, -0.15) is 0 Å². The van der Waals surface area contributed by atoms with Crippen LogP contribution < -0.4 is 0 Å². The van der Waals surface area contributed by atoms with Crippen molar-refractivity contribution in [2.24, 2.45) is 0 Å². The van der Waals surface area contributed by atoms with E-state index in [1.807, 2.05) is 21.1 Å². The first-order valence-corrected chi connectivity index (χ1v) is 29.4. The number of phosphoric acid groups is 1. The summed E-state index contributed by atoms with van der Waals surface area (Å²) in [5.74, 6) is -0.851. The smallest absolute Gasteiger partial charge is 0.462 e. The summed E-state index contributed by atoms with van der Waals surface area (Å²) >= 11 is 0. The summed E-state index contributed by atoms with van der Waals surface area (Å²) in [6, 6.07) is 0. The second-order valence-electron chi connectivity index (χ2n) is 19.2. The molecule has 0 aliphatic heterocycles. The van der Waals surface area contributed by atoms with Crippen molar-refractivity contribution in [1.29, 1.82) is 0 Å². The molecule has 0 spiro atoms. The molecule has 0 saturated heterocycles. The molecule has 0 amide bonds. The van der Waals surface area contributed by atoms with Gasteiger partial charge in [-0.15, -0.1) is 0 Å². The van der Waals surface area contributed by atoms with E-state index in [1.165, 1.54) is 38.5 Å². The van der Waals surface area contributed by atoms with E-state index in [-0.39, 0.29) is 26.1 Å². The van der Waals surface area contributed by atoms with E-state index in [0.717, 1.165) is 116 Å². The highest BCUT2D eigenvalue weighted by atomic mass is 31.2. The number of ether oxygens (including phenoxy) is 2. The van der Waals surface area contributed by atoms with Crippen molar-refractivity contribution < 1.29 is 42.1 Å². The fourth-order valence-electron chi connectivity index (χ4n) is 6.93. The Labute approximate surface area is 441 Å². The van der Waals surface area contributed by atoms with Gasteiger partial charge in [0.2, 0.25) is 0 Å². The maximum Gasteiger partial charge on any atom is 0.472 e. The molecule has 0 aromatic carbocycles. The predicted octanol–water partition coefficient (Wildman–Crippen LogP) is 17.4. The second kappa shape index (κ2) is 52.0. The molecule has 2 atom stereocenters. The Hall–Kier alpha value is -3.85. The fraction of sp³-hybridized carbons (Fsp3) is 0.613. The molecule has 9 nitrogen and oxygen atoms in total. The second-order valence-corrected chi connectivity index (χ2v) is 20.7. The zero-order valence-electron chi connectivity index (χ0n) is 46.1. The van der Waals surface area contributed by atoms with Crippen LogP contribution in [0.4, 0.5) is 0 Å². The third-order valence-electron chi connectivity index (χ3n) is 11.2. The van der Waals surface area contributed by atoms with Gasteiger partial charge in [-0.05, 0) is 109 Å². The summed E-state index contributed by atoms with van der Waals surface area (Å²) in [7, 11) is 1.43. The van der Waals surface area contributed by atoms with Crippen molar-refractivity contribution in [3.63, 3.8) is 0 Å². The van der Waals surface area contributed by atoms with E-state index in [2.05, 4.69) is 148 Å². The predicted molar refractivity (Wildman–Crippen MR) is 307 cm³/mol. The molecule has 0 heterocycles. The topological polar surface area (TPSA) is 108 Å². The Balaban J connectivity index is 4.27. The average Bonchev–Trinajstić information content (AvgIpc) is 3.34. The quantitative estimate of drug-likeness (QED) is 0.0211. The van der Waals surface area contributed by atoms with Gasteiger partial charge in [0.05, 0.1) is 27.7 Å². The zero-order valence-corrected chi connectivity index (χ0v) is 47.0. The van der Waals surface area contributed by atoms with Gasteiger partial charge in [-0.25, -0.2) is 4.57 Å². The van der Waals surface area contributed by atoms with Crippen LogP contribution in [-0.2, 0) is 32.7 Å². The summed E-state index contributed by atoms with van der Waals surface area (Å²) < 4.78 is 34.5. The van der Waals surface area contributed by atoms with Gasteiger partial charge in [0.25, 0.3) is 0 Å². The highest BCUT2D eigenvalue weighted by Gasteiger charge is 2.27. The van der Waals surface area contributed by atoms with Gasteiger partial charge in [-0.3, -0.25) is 18.6 Å². The third-order valence-corrected chi connectivity index (χ3v) is 12.2. The van der Waals surface area contributed by atoms with Crippen molar-refractivity contribution >= 4 is 19.8 Å². The molecule has 2 unspecified atom stereocenters. The molecule has 408 valence electrons. The molecule has 0 radical (unpaired) electrons. The molecule has 0 bridgehead atoms. The van der Waals surface area contributed by atoms with Gasteiger partial charge in [0.1, 0.15) is 19.8 Å². The van der Waals surface area contributed by atoms with Crippen molar-refractivity contribution in [1.82, 2.24) is 0 Å². The third kappa shape index (κ3) is 55.5. The van der Waals surface area contributed by atoms with E-state index in [0.29, 0.717) is 23.9 Å². The highest BCUT2D eigenvalue weighted by Crippen LogP contribution is 2.43. The van der Waals surface area contributed by atoms with Crippen molar-refractivity contribution in [3.8, 4) is 0 Å². The number of allylic oxidation sites excluding steroid dienone is 22. The van der Waals surface area contributed by atoms with Crippen LogP contribution in [0.15, 0.2) is 134 Å². The molecule has 0 fully saturated rings. The first-order valence-electron chi connectivity index (χ1n) is 27.9. The van der Waals surface area contributed by atoms with Crippen molar-refractivity contribution in [3.05, 3.63) is 134 Å². The molecule has 1 N–H and O–H groups in total. The summed E-state index contributed by atoms with van der Waals surface area (Å²) in [4.78, 5) is 35.6. The SMILES string of the molecule is CC/C=C\C/C=C\C/C=C\C/C=C\C/C=C\C/C=C\CCCCCCCCCCCCC(=O)OC(COC(=O)CCCCC/C=C\C/C=C\C/C=C\C/C=C\C/C=C\CC)COP(=O)(O)OCC[N+](C)(C)C. The van der Waals surface area contributed by atoms with Gasteiger partial charge < -0.3 is 18.9 Å². The molecular weight excluding hydrogens is 918 g/mol. The van der Waals surface area contributed by atoms with Crippen LogP contribution in [-0.4, -0.2) is 74.9 Å². The summed E-state index contributed by atoms with van der Waals surface area (Å²) in [5.41, 5.74) is 0. The molecule has 0 aromatic rings. The number of nitrogens with zero attached hydrogens (tertiary/aromatic N) is 1. The fourth-order valence-corrected chi connectivity index (χ4v) is 7.67. The van der Waals surface area contributed by atoms with Gasteiger partial charge in [0, 0.05) is 12.8 Å². The lowest BCUT2D eigenvalue weighted by Gasteiger charge is -2.24. The maximum absolute atomic E-state index is 12.8. The Morgan fingerprint density at radius 1 is 0.431 bits per heavy atom. The molecule has 0 rings (SSSR count). The normalized spacial score (nSPS) is 14.4. The highest BCUT2D eigenvalue weighted by molar-refractivity contribution is 7.47. The minimum absolute atomic E-state index is 0.0174. The van der Waals surface area contributed by atoms with Crippen LogP contribution in [0.5, 0.6) is 0 Å². The number of hydrogen-bond acceptors (Lipinski definition) is 7. The molecule has 10 heteroatoms. The molecule has 0 aromatic heterocycles. The number of quaternary nitrogens is 1. The van der Waals surface area contributed by atoms with Crippen LogP contribution >= 0.6 is 7.82 Å². The molecule has 0 saturated carbocycles. The van der Waals surface area contributed by atoms with Crippen LogP contribution in [0, 0.1) is 0 Å². The first-order chi connectivity index (χ1) is 35.0. The van der Waals surface area contributed by atoms with E-state index in [1.54, 1.807) is 0 Å². The lowest BCUT2D eigenvalue weighted by Crippen LogP contribution is -2.37. The molecule has 0 aliphatic carbocycles. The summed E-state index contributed by atoms with van der Waals surface area (Å²) in [6.45, 7) is 4.14. The molecule has 0 aliphatic rings. The number of phosphoric ester groups is 1. The lowest BCUT2D eigenvalue weighted by atomic mass is 10.0. The standard InChI is InChI=1S/C62H102NO8P/c1-6-8-10-12-14-16-18-20-22-24-26-27-28-29-30-31-32-33-34-35-37-39-41-43-45-47-49-51-53-55-62(65)71-60(59-70-72(66,67)69-57-56-63(3,4)5)58-68-61(64)54-52-50-48-46-44-42-40-38-36-25-23-21-19-17-15-13-11-9-7-2/h8-11,14-17,20-23,26-27,29-30,32-33,36,38,42,44,60H,6-7,12-13,18-19,24-25,28,31,34-35,37,39-41,43,45-59H2,1-5H3/p+1/b10-8-,11-9-,16-14-,17-15-,22-20-,23-21-,27-26-,30-29-,33-32-,38-36-,44-42-. The van der Waals surface area contributed by atoms with Crippen LogP contribution in [0.25, 0.3) is 0 Å². The van der Waals surface area contributed by atoms with E-state index >= 15 is 0 Å². The minimum Gasteiger partial charge on any atom is -0.462 e. The Morgan fingerprint density at radius 3 is 1.12 bits per heavy atom. The van der Waals surface area contributed by atoms with Crippen LogP contribution in [0.1, 0.15) is 194 Å². The number of rotatable bonds is 49. The van der Waals surface area contributed by atoms with Crippen molar-refractivity contribution in [2.75, 3.05) is 47.5 Å². The molecular formula is C62H103NO8P+. The van der Waals surface area contributed by atoms with Gasteiger partial charge in [-0.1, -0.05) is 205 Å². The van der Waals surface area contributed by atoms with E-state index in [4.69, 9.17) is 18.5 Å². The number of carbonyl (C=O) groups is 2. The summed E-state index contributed by atoms with van der Waals surface area (Å²) in [5, 5.41) is 0. The first kappa shape index (κ1) is 68.2. The largest absolute Gasteiger partial charge is 0.472 e. The summed E-state index contributed by atoms with van der Waals surface area (Å²) in [6.07, 6.45) is 75.1. The van der Waals surface area contributed by atoms with E-state index in [9.17, 15) is 19.0 Å². The Morgan fingerprint density at radius 2 is 0.750 bits per heavy atom. The van der Waals surface area contributed by atoms with Gasteiger partial charge >= 0.3 is 19.8 Å². The number of likely N-dealkylation sites (N-methyl/N-ethyl adjacent to an activating group) is 1. The van der Waals surface area contributed by atoms with Gasteiger partial charge in [0.15, 0.2) is 6.10 Å². The average molecular weight is 1020 g/mol. The zero-order chi connectivity index (χ0) is 52.7. The minimum atomic E-state index is -4.40.